The standard InChI is InChI=1S/3C50H32/c1-3-13-38-30-41(26-22-33(38)10-1)49-45-17-7-8-18-46(45)50(42-27-23-34-11-2-4-14-39(34)31-42)48-32-40(28-29-47(48)49)35-20-24-37(25-21-35)44-19-9-15-36-12-5-6-16-43(36)44;1-2-14-38-31-39(28-27-33(38)11-1)34-23-25-35(26-24-34)40-29-30-47-48(32-40)50(44-22-10-16-37-13-4-6-18-42(37)44)46-20-8-7-19-45(46)49(47)43-21-9-15-36-12-3-5-17-41(36)43;1-2-14-35(15-3-1)41-28-29-42(44-19-9-8-18-43(41)44)38-26-27-47-48(32-38)50(40-25-23-34-13-5-7-17-37(34)31-40)46-21-11-10-20-45(46)49(47)39-24-22-33-12-4-6-16-36(33)30-39/h3*1-32H. The van der Waals surface area contributed by atoms with Gasteiger partial charge < -0.3 is 0 Å². The molecular weight excluding hydrogens is 1800 g/mol. The van der Waals surface area contributed by atoms with Gasteiger partial charge in [-0.2, -0.15) is 0 Å². The van der Waals surface area contributed by atoms with Crippen molar-refractivity contribution in [3.8, 4) is 134 Å². The zero-order valence-corrected chi connectivity index (χ0v) is 82.4. The van der Waals surface area contributed by atoms with Crippen molar-refractivity contribution in [3.63, 3.8) is 0 Å². The number of hydrogen-bond donors (Lipinski definition) is 0. The molecule has 0 bridgehead atoms. The Labute approximate surface area is 870 Å². The van der Waals surface area contributed by atoms with E-state index >= 15 is 0 Å². The fraction of sp³-hybridized carbons (Fsp3) is 0. The van der Waals surface area contributed by atoms with Gasteiger partial charge in [-0.1, -0.05) is 534 Å². The van der Waals surface area contributed by atoms with Crippen LogP contribution in [0.1, 0.15) is 0 Å². The molecule has 0 aliphatic heterocycles. The Hall–Kier alpha value is -19.5. The summed E-state index contributed by atoms with van der Waals surface area (Å²) in [6.45, 7) is 0. The van der Waals surface area contributed by atoms with Crippen LogP contribution in [0.15, 0.2) is 582 Å². The van der Waals surface area contributed by atoms with Gasteiger partial charge in [0, 0.05) is 0 Å². The lowest BCUT2D eigenvalue weighted by Gasteiger charge is -2.20. The van der Waals surface area contributed by atoms with Crippen molar-refractivity contribution in [3.05, 3.63) is 582 Å². The van der Waals surface area contributed by atoms with Crippen LogP contribution in [-0.4, -0.2) is 0 Å². The van der Waals surface area contributed by atoms with Gasteiger partial charge in [0.25, 0.3) is 0 Å². The van der Waals surface area contributed by atoms with E-state index in [4.69, 9.17) is 0 Å². The summed E-state index contributed by atoms with van der Waals surface area (Å²) in [5, 5.41) is 37.8. The van der Waals surface area contributed by atoms with Crippen LogP contribution in [0.25, 0.3) is 295 Å². The minimum absolute atomic E-state index is 1.21. The Kier molecular flexibility index (Phi) is 22.1. The first-order valence-corrected chi connectivity index (χ1v) is 52.0. The summed E-state index contributed by atoms with van der Waals surface area (Å²) in [7, 11) is 0. The number of benzene rings is 30. The molecule has 30 aromatic carbocycles. The molecule has 0 amide bonds. The Morgan fingerprint density at radius 3 is 0.627 bits per heavy atom. The first-order valence-electron chi connectivity index (χ1n) is 52.0. The molecule has 0 atom stereocenters. The number of rotatable bonds is 12. The summed E-state index contributed by atoms with van der Waals surface area (Å²) < 4.78 is 0. The van der Waals surface area contributed by atoms with Crippen LogP contribution in [0.2, 0.25) is 0 Å². The molecule has 0 heterocycles. The highest BCUT2D eigenvalue weighted by Crippen LogP contribution is 2.53. The van der Waals surface area contributed by atoms with Crippen molar-refractivity contribution in [2.45, 2.75) is 0 Å². The normalized spacial score (nSPS) is 11.6. The average Bonchev–Trinajstić information content (AvgIpc) is 0.725. The molecule has 0 heteroatoms. The third-order valence-corrected chi connectivity index (χ3v) is 31.3. The van der Waals surface area contributed by atoms with Crippen LogP contribution in [0.5, 0.6) is 0 Å². The lowest BCUT2D eigenvalue weighted by Crippen LogP contribution is -1.93. The third-order valence-electron chi connectivity index (χ3n) is 31.3. The van der Waals surface area contributed by atoms with Crippen molar-refractivity contribution in [1.82, 2.24) is 0 Å². The molecular formula is C150H96. The highest BCUT2D eigenvalue weighted by Gasteiger charge is 2.26. The second-order valence-corrected chi connectivity index (χ2v) is 39.8. The molecule has 696 valence electrons. The van der Waals surface area contributed by atoms with Gasteiger partial charge in [0.2, 0.25) is 0 Å². The van der Waals surface area contributed by atoms with E-state index in [9.17, 15) is 0 Å². The molecule has 0 fully saturated rings. The second-order valence-electron chi connectivity index (χ2n) is 39.8. The fourth-order valence-electron chi connectivity index (χ4n) is 24.1. The summed E-state index contributed by atoms with van der Waals surface area (Å²) in [5.41, 5.74) is 29.9. The Morgan fingerprint density at radius 2 is 0.260 bits per heavy atom. The van der Waals surface area contributed by atoms with Crippen LogP contribution in [-0.2, 0) is 0 Å². The predicted octanol–water partition coefficient (Wildman–Crippen LogP) is 42.4. The van der Waals surface area contributed by atoms with E-state index in [0.717, 1.165) is 0 Å². The SMILES string of the molecule is c1ccc(-c2ccc(-c3ccc4c(-c5ccc6ccccc6c5)c5ccccc5c(-c5ccc6ccccc6c5)c4c3)c3ccccc23)cc1.c1ccc2cc(-c3c4ccccc4c(-c4ccc5ccccc5c4)c4cc(-c5ccc(-c6cccc7ccccc67)cc5)ccc34)ccc2c1.c1ccc2cc(-c3ccc(-c4ccc5c(-c6cccc7ccccc67)c6ccccc6c(-c6cccc7ccccc67)c5c4)cc3)ccc2c1. The van der Waals surface area contributed by atoms with Crippen molar-refractivity contribution in [2.24, 2.45) is 0 Å². The second kappa shape index (κ2) is 37.6. The van der Waals surface area contributed by atoms with Crippen molar-refractivity contribution in [1.29, 1.82) is 0 Å². The Balaban J connectivity index is 0.000000108. The quantitative estimate of drug-likeness (QED) is 0.107. The van der Waals surface area contributed by atoms with Crippen LogP contribution in [0, 0.1) is 0 Å². The Bertz CT molecular complexity index is 10600. The number of fused-ring (bicyclic) bond motifs is 15. The highest BCUT2D eigenvalue weighted by atomic mass is 14.3. The van der Waals surface area contributed by atoms with E-state index in [2.05, 4.69) is 582 Å². The molecule has 150 heavy (non-hydrogen) atoms. The molecule has 0 aromatic heterocycles. The summed E-state index contributed by atoms with van der Waals surface area (Å²) in [5.74, 6) is 0. The zero-order valence-electron chi connectivity index (χ0n) is 82.4. The maximum absolute atomic E-state index is 2.45. The molecule has 0 aliphatic carbocycles. The summed E-state index contributed by atoms with van der Waals surface area (Å²) in [6, 6.07) is 214. The van der Waals surface area contributed by atoms with Gasteiger partial charge in [-0.25, -0.2) is 0 Å². The molecule has 0 nitrogen and oxygen atoms in total. The highest BCUT2D eigenvalue weighted by molar-refractivity contribution is 6.28. The van der Waals surface area contributed by atoms with Crippen molar-refractivity contribution < 1.29 is 0 Å². The summed E-state index contributed by atoms with van der Waals surface area (Å²) >= 11 is 0. The van der Waals surface area contributed by atoms with E-state index in [1.807, 2.05) is 0 Å². The molecule has 0 spiro atoms. The maximum Gasteiger partial charge on any atom is -0.00199 e. The molecule has 0 saturated carbocycles. The van der Waals surface area contributed by atoms with Gasteiger partial charge >= 0.3 is 0 Å². The molecule has 0 aliphatic rings. The van der Waals surface area contributed by atoms with Gasteiger partial charge in [0.15, 0.2) is 0 Å². The van der Waals surface area contributed by atoms with Crippen LogP contribution in [0.4, 0.5) is 0 Å². The van der Waals surface area contributed by atoms with Gasteiger partial charge in [-0.3, -0.25) is 0 Å². The van der Waals surface area contributed by atoms with Crippen LogP contribution < -0.4 is 0 Å². The lowest BCUT2D eigenvalue weighted by molar-refractivity contribution is 1.61. The molecule has 30 rings (SSSR count). The first kappa shape index (κ1) is 88.2. The molecule has 30 aromatic rings. The zero-order chi connectivity index (χ0) is 99.1. The van der Waals surface area contributed by atoms with Crippen LogP contribution >= 0.6 is 0 Å². The van der Waals surface area contributed by atoms with E-state index in [1.165, 1.54) is 295 Å². The van der Waals surface area contributed by atoms with Crippen molar-refractivity contribution >= 4 is 162 Å². The molecule has 0 radical (unpaired) electrons. The summed E-state index contributed by atoms with van der Waals surface area (Å²) in [6.07, 6.45) is 0. The van der Waals surface area contributed by atoms with Gasteiger partial charge in [0.05, 0.1) is 0 Å². The number of hydrogen-bond acceptors (Lipinski definition) is 0. The van der Waals surface area contributed by atoms with Gasteiger partial charge in [0.1, 0.15) is 0 Å². The molecule has 0 N–H and O–H groups in total. The minimum Gasteiger partial charge on any atom is -0.0622 e. The lowest BCUT2D eigenvalue weighted by atomic mass is 9.83. The van der Waals surface area contributed by atoms with Gasteiger partial charge in [-0.05, 0) is 344 Å². The van der Waals surface area contributed by atoms with Crippen molar-refractivity contribution in [2.75, 3.05) is 0 Å². The molecule has 0 saturated heterocycles. The van der Waals surface area contributed by atoms with E-state index < -0.39 is 0 Å². The summed E-state index contributed by atoms with van der Waals surface area (Å²) in [4.78, 5) is 0. The first-order chi connectivity index (χ1) is 74.4. The smallest absolute Gasteiger partial charge is 0.00199 e. The monoisotopic (exact) mass is 1900 g/mol. The third kappa shape index (κ3) is 15.8. The molecule has 0 unspecified atom stereocenters. The Morgan fingerprint density at radius 1 is 0.0667 bits per heavy atom. The largest absolute Gasteiger partial charge is 0.0622 e. The van der Waals surface area contributed by atoms with E-state index in [-0.39, 0.29) is 0 Å². The fourth-order valence-corrected chi connectivity index (χ4v) is 24.1. The minimum atomic E-state index is 1.21. The average molecular weight is 1900 g/mol. The predicted molar refractivity (Wildman–Crippen MR) is 647 cm³/mol. The maximum atomic E-state index is 2.45. The van der Waals surface area contributed by atoms with Gasteiger partial charge in [-0.15, -0.1) is 0 Å². The van der Waals surface area contributed by atoms with E-state index in [1.54, 1.807) is 0 Å². The topological polar surface area (TPSA) is 0 Å². The van der Waals surface area contributed by atoms with Crippen LogP contribution in [0.3, 0.4) is 0 Å². The van der Waals surface area contributed by atoms with E-state index in [0.29, 0.717) is 0 Å².